The van der Waals surface area contributed by atoms with Crippen molar-refractivity contribution in [2.24, 2.45) is 10.8 Å². The Labute approximate surface area is 119 Å². The summed E-state index contributed by atoms with van der Waals surface area (Å²) in [6, 6.07) is 4.92. The predicted molar refractivity (Wildman–Crippen MR) is 78.3 cm³/mol. The molecule has 0 unspecified atom stereocenters. The second-order valence-electron chi connectivity index (χ2n) is 5.11. The minimum absolute atomic E-state index is 0.227. The number of amidine groups is 1. The number of hydrogen-bond acceptors (Lipinski definition) is 3. The molecule has 0 radical (unpaired) electrons. The maximum absolute atomic E-state index is 14.1. The van der Waals surface area contributed by atoms with Gasteiger partial charge in [0.05, 0.1) is 18.7 Å². The standard InChI is InChI=1S/C15H22FN3O/c1-20-12-8-9-13(14(16)10-12)15(19-17)18-11-6-4-2-3-5-7-11/h8-11H,2-7,17H2,1H3,(H,18,19). The average molecular weight is 279 g/mol. The highest BCUT2D eigenvalue weighted by molar-refractivity contribution is 5.98. The minimum Gasteiger partial charge on any atom is -0.497 e. The number of nitrogens with zero attached hydrogens (tertiary/aromatic N) is 1. The van der Waals surface area contributed by atoms with Gasteiger partial charge in [-0.3, -0.25) is 4.99 Å². The Hall–Kier alpha value is -1.62. The lowest BCUT2D eigenvalue weighted by Gasteiger charge is -2.13. The number of rotatable bonds is 3. The zero-order valence-electron chi connectivity index (χ0n) is 11.9. The topological polar surface area (TPSA) is 59.6 Å². The minimum atomic E-state index is -0.380. The fraction of sp³-hybridized carbons (Fsp3) is 0.533. The molecule has 20 heavy (non-hydrogen) atoms. The van der Waals surface area contributed by atoms with E-state index in [1.807, 2.05) is 0 Å². The number of hydrazine groups is 1. The van der Waals surface area contributed by atoms with Crippen molar-refractivity contribution in [1.29, 1.82) is 0 Å². The van der Waals surface area contributed by atoms with Crippen LogP contribution in [0.4, 0.5) is 4.39 Å². The third-order valence-electron chi connectivity index (χ3n) is 3.70. The maximum atomic E-state index is 14.1. The van der Waals surface area contributed by atoms with E-state index >= 15 is 0 Å². The molecule has 1 saturated carbocycles. The van der Waals surface area contributed by atoms with Gasteiger partial charge in [-0.1, -0.05) is 25.7 Å². The molecule has 1 fully saturated rings. The summed E-state index contributed by atoms with van der Waals surface area (Å²) in [5.41, 5.74) is 2.92. The van der Waals surface area contributed by atoms with Gasteiger partial charge in [0, 0.05) is 6.07 Å². The molecule has 0 amide bonds. The van der Waals surface area contributed by atoms with Crippen molar-refractivity contribution in [3.05, 3.63) is 29.6 Å². The van der Waals surface area contributed by atoms with Crippen molar-refractivity contribution < 1.29 is 9.13 Å². The first-order valence-electron chi connectivity index (χ1n) is 7.13. The summed E-state index contributed by atoms with van der Waals surface area (Å²) in [6.45, 7) is 0. The number of methoxy groups -OCH3 is 1. The molecule has 0 spiro atoms. The number of halogens is 1. The first-order chi connectivity index (χ1) is 9.74. The number of nitrogens with two attached hydrogens (primary N) is 1. The molecule has 0 aliphatic heterocycles. The Balaban J connectivity index is 2.22. The number of nitrogens with one attached hydrogen (secondary N) is 1. The molecular formula is C15H22FN3O. The van der Waals surface area contributed by atoms with Crippen molar-refractivity contribution in [2.45, 2.75) is 44.6 Å². The van der Waals surface area contributed by atoms with Crippen LogP contribution in [0.25, 0.3) is 0 Å². The Morgan fingerprint density at radius 1 is 1.30 bits per heavy atom. The van der Waals surface area contributed by atoms with Crippen LogP contribution in [0.15, 0.2) is 23.2 Å². The highest BCUT2D eigenvalue weighted by Crippen LogP contribution is 2.21. The molecule has 1 aliphatic rings. The fourth-order valence-corrected chi connectivity index (χ4v) is 2.57. The highest BCUT2D eigenvalue weighted by atomic mass is 19.1. The van der Waals surface area contributed by atoms with Gasteiger partial charge >= 0.3 is 0 Å². The number of benzene rings is 1. The highest BCUT2D eigenvalue weighted by Gasteiger charge is 2.15. The van der Waals surface area contributed by atoms with Crippen LogP contribution < -0.4 is 16.0 Å². The van der Waals surface area contributed by atoms with Crippen molar-refractivity contribution in [3.8, 4) is 5.75 Å². The SMILES string of the molecule is COc1ccc(C(=NC2CCCCCC2)NN)c(F)c1. The third-order valence-corrected chi connectivity index (χ3v) is 3.70. The summed E-state index contributed by atoms with van der Waals surface area (Å²) in [7, 11) is 1.51. The summed E-state index contributed by atoms with van der Waals surface area (Å²) in [5, 5.41) is 0. The Morgan fingerprint density at radius 2 is 2.00 bits per heavy atom. The van der Waals surface area contributed by atoms with Gasteiger partial charge in [0.2, 0.25) is 0 Å². The number of hydrogen-bond donors (Lipinski definition) is 2. The summed E-state index contributed by atoms with van der Waals surface area (Å²) in [5.74, 6) is 6.04. The zero-order valence-corrected chi connectivity index (χ0v) is 11.9. The van der Waals surface area contributed by atoms with Crippen LogP contribution in [-0.4, -0.2) is 19.0 Å². The lowest BCUT2D eigenvalue weighted by Crippen LogP contribution is -2.33. The summed E-state index contributed by atoms with van der Waals surface area (Å²) < 4.78 is 19.1. The molecule has 0 bridgehead atoms. The van der Waals surface area contributed by atoms with Crippen molar-refractivity contribution in [3.63, 3.8) is 0 Å². The zero-order chi connectivity index (χ0) is 14.4. The molecule has 110 valence electrons. The Morgan fingerprint density at radius 3 is 2.55 bits per heavy atom. The van der Waals surface area contributed by atoms with E-state index in [0.717, 1.165) is 12.8 Å². The van der Waals surface area contributed by atoms with E-state index in [2.05, 4.69) is 10.4 Å². The smallest absolute Gasteiger partial charge is 0.145 e. The maximum Gasteiger partial charge on any atom is 0.145 e. The van der Waals surface area contributed by atoms with Crippen LogP contribution >= 0.6 is 0 Å². The van der Waals surface area contributed by atoms with Gasteiger partial charge in [-0.15, -0.1) is 0 Å². The second kappa shape index (κ2) is 7.24. The lowest BCUT2D eigenvalue weighted by molar-refractivity contribution is 0.411. The van der Waals surface area contributed by atoms with Crippen molar-refractivity contribution in [1.82, 2.24) is 5.43 Å². The first kappa shape index (κ1) is 14.8. The monoisotopic (exact) mass is 279 g/mol. The number of ether oxygens (including phenoxy) is 1. The molecular weight excluding hydrogens is 257 g/mol. The van der Waals surface area contributed by atoms with Crippen molar-refractivity contribution >= 4 is 5.84 Å². The summed E-state index contributed by atoms with van der Waals surface area (Å²) in [6.07, 6.45) is 6.96. The van der Waals surface area contributed by atoms with E-state index in [-0.39, 0.29) is 11.9 Å². The van der Waals surface area contributed by atoms with Crippen LogP contribution in [0.3, 0.4) is 0 Å². The van der Waals surface area contributed by atoms with Crippen LogP contribution in [0.2, 0.25) is 0 Å². The van der Waals surface area contributed by atoms with Gasteiger partial charge < -0.3 is 10.2 Å². The summed E-state index contributed by atoms with van der Waals surface area (Å²) in [4.78, 5) is 4.60. The lowest BCUT2D eigenvalue weighted by atomic mass is 10.1. The van der Waals surface area contributed by atoms with E-state index < -0.39 is 0 Å². The molecule has 0 heterocycles. The van der Waals surface area contributed by atoms with E-state index in [9.17, 15) is 4.39 Å². The number of aliphatic imine (C=N–C) groups is 1. The average Bonchev–Trinajstić information content (AvgIpc) is 2.73. The van der Waals surface area contributed by atoms with Gasteiger partial charge in [-0.25, -0.2) is 10.2 Å². The normalized spacial score (nSPS) is 17.6. The van der Waals surface area contributed by atoms with Gasteiger partial charge in [0.1, 0.15) is 17.4 Å². The fourth-order valence-electron chi connectivity index (χ4n) is 2.57. The molecule has 3 N–H and O–H groups in total. The summed E-state index contributed by atoms with van der Waals surface area (Å²) >= 11 is 0. The molecule has 1 aromatic carbocycles. The molecule has 0 saturated heterocycles. The van der Waals surface area contributed by atoms with Crippen LogP contribution in [0, 0.1) is 5.82 Å². The van der Waals surface area contributed by atoms with Gasteiger partial charge in [0.15, 0.2) is 0 Å². The third kappa shape index (κ3) is 3.70. The molecule has 0 aromatic heterocycles. The molecule has 2 rings (SSSR count). The molecule has 1 aromatic rings. The van der Waals surface area contributed by atoms with Gasteiger partial charge in [-0.05, 0) is 25.0 Å². The second-order valence-corrected chi connectivity index (χ2v) is 5.11. The van der Waals surface area contributed by atoms with Crippen LogP contribution in [-0.2, 0) is 0 Å². The molecule has 1 aliphatic carbocycles. The van der Waals surface area contributed by atoms with Crippen LogP contribution in [0.5, 0.6) is 5.75 Å². The van der Waals surface area contributed by atoms with Gasteiger partial charge in [0.25, 0.3) is 0 Å². The van der Waals surface area contributed by atoms with E-state index in [4.69, 9.17) is 10.6 Å². The van der Waals surface area contributed by atoms with E-state index in [1.165, 1.54) is 38.9 Å². The Bertz CT molecular complexity index is 468. The first-order valence-corrected chi connectivity index (χ1v) is 7.13. The van der Waals surface area contributed by atoms with E-state index in [0.29, 0.717) is 17.1 Å². The quantitative estimate of drug-likeness (QED) is 0.294. The van der Waals surface area contributed by atoms with E-state index in [1.54, 1.807) is 12.1 Å². The molecule has 4 nitrogen and oxygen atoms in total. The predicted octanol–water partition coefficient (Wildman–Crippen LogP) is 2.77. The largest absolute Gasteiger partial charge is 0.497 e. The van der Waals surface area contributed by atoms with Gasteiger partial charge in [-0.2, -0.15) is 0 Å². The van der Waals surface area contributed by atoms with Crippen LogP contribution in [0.1, 0.15) is 44.1 Å². The Kier molecular flexibility index (Phi) is 5.35. The molecule has 0 atom stereocenters. The van der Waals surface area contributed by atoms with Crippen molar-refractivity contribution in [2.75, 3.05) is 7.11 Å². The molecule has 5 heteroatoms.